The van der Waals surface area contributed by atoms with E-state index in [1.54, 1.807) is 6.92 Å². The molecule has 2 rings (SSSR count). The minimum Gasteiger partial charge on any atom is -0.388 e. The van der Waals surface area contributed by atoms with Gasteiger partial charge in [-0.25, -0.2) is 0 Å². The molecule has 0 bridgehead atoms. The van der Waals surface area contributed by atoms with Crippen molar-refractivity contribution in [3.05, 3.63) is 29.3 Å². The number of aliphatic hydroxyl groups is 1. The van der Waals surface area contributed by atoms with Crippen LogP contribution in [-0.4, -0.2) is 23.8 Å². The molecule has 1 fully saturated rings. The molecule has 0 radical (unpaired) electrons. The monoisotopic (exact) mass is 288 g/mol. The molecule has 1 aromatic carbocycles. The van der Waals surface area contributed by atoms with Crippen LogP contribution in [0.5, 0.6) is 0 Å². The molecular formula is C14H19F3N2O. The van der Waals surface area contributed by atoms with E-state index < -0.39 is 17.3 Å². The van der Waals surface area contributed by atoms with Gasteiger partial charge in [0.2, 0.25) is 0 Å². The minimum absolute atomic E-state index is 0.0396. The van der Waals surface area contributed by atoms with Crippen molar-refractivity contribution in [3.8, 4) is 0 Å². The number of nitrogens with two attached hydrogens (primary N) is 1. The molecule has 6 heteroatoms. The van der Waals surface area contributed by atoms with E-state index >= 15 is 0 Å². The Bertz CT molecular complexity index is 486. The first kappa shape index (κ1) is 15.1. The highest BCUT2D eigenvalue weighted by atomic mass is 19.4. The van der Waals surface area contributed by atoms with Gasteiger partial charge in [-0.1, -0.05) is 0 Å². The minimum atomic E-state index is -4.37. The summed E-state index contributed by atoms with van der Waals surface area (Å²) in [5.41, 5.74) is 5.22. The maximum absolute atomic E-state index is 12.7. The van der Waals surface area contributed by atoms with Crippen LogP contribution in [0.4, 0.5) is 18.9 Å². The second kappa shape index (κ2) is 5.26. The summed E-state index contributed by atoms with van der Waals surface area (Å²) in [6.45, 7) is 2.91. The molecule has 0 aliphatic carbocycles. The van der Waals surface area contributed by atoms with Crippen molar-refractivity contribution in [2.24, 2.45) is 5.73 Å². The maximum atomic E-state index is 12.7. The van der Waals surface area contributed by atoms with Crippen LogP contribution in [0.15, 0.2) is 18.2 Å². The molecular weight excluding hydrogens is 269 g/mol. The first-order valence-electron chi connectivity index (χ1n) is 6.60. The van der Waals surface area contributed by atoms with Crippen molar-refractivity contribution < 1.29 is 18.3 Å². The SMILES string of the molecule is CC1(O)CCCN(c2ccc(C(F)(F)F)cc2CN)C1. The molecule has 1 saturated heterocycles. The molecule has 1 heterocycles. The highest BCUT2D eigenvalue weighted by Crippen LogP contribution is 2.34. The Morgan fingerprint density at radius 3 is 2.65 bits per heavy atom. The summed E-state index contributed by atoms with van der Waals surface area (Å²) in [5, 5.41) is 10.1. The van der Waals surface area contributed by atoms with Gasteiger partial charge in [0, 0.05) is 25.3 Å². The Morgan fingerprint density at radius 2 is 2.10 bits per heavy atom. The average Bonchev–Trinajstić information content (AvgIpc) is 2.35. The largest absolute Gasteiger partial charge is 0.416 e. The van der Waals surface area contributed by atoms with E-state index in [4.69, 9.17) is 5.73 Å². The van der Waals surface area contributed by atoms with Crippen LogP contribution in [0, 0.1) is 0 Å². The third-order valence-electron chi connectivity index (χ3n) is 3.64. The third kappa shape index (κ3) is 3.24. The zero-order chi connectivity index (χ0) is 15.0. The first-order valence-corrected chi connectivity index (χ1v) is 6.60. The molecule has 0 saturated carbocycles. The lowest BCUT2D eigenvalue weighted by atomic mass is 9.94. The van der Waals surface area contributed by atoms with E-state index in [0.717, 1.165) is 18.6 Å². The molecule has 1 atom stereocenters. The number of benzene rings is 1. The predicted molar refractivity (Wildman–Crippen MR) is 71.4 cm³/mol. The van der Waals surface area contributed by atoms with Crippen LogP contribution < -0.4 is 10.6 Å². The fraction of sp³-hybridized carbons (Fsp3) is 0.571. The fourth-order valence-electron chi connectivity index (χ4n) is 2.66. The van der Waals surface area contributed by atoms with E-state index in [9.17, 15) is 18.3 Å². The van der Waals surface area contributed by atoms with Crippen molar-refractivity contribution in [3.63, 3.8) is 0 Å². The second-order valence-corrected chi connectivity index (χ2v) is 5.57. The van der Waals surface area contributed by atoms with Crippen molar-refractivity contribution in [2.75, 3.05) is 18.0 Å². The molecule has 1 aromatic rings. The summed E-state index contributed by atoms with van der Waals surface area (Å²) in [5.74, 6) is 0. The van der Waals surface area contributed by atoms with E-state index in [0.29, 0.717) is 30.8 Å². The Morgan fingerprint density at radius 1 is 1.40 bits per heavy atom. The third-order valence-corrected chi connectivity index (χ3v) is 3.64. The summed E-state index contributed by atoms with van der Waals surface area (Å²) in [7, 11) is 0. The number of rotatable bonds is 2. The van der Waals surface area contributed by atoms with Gasteiger partial charge >= 0.3 is 6.18 Å². The van der Waals surface area contributed by atoms with E-state index in [-0.39, 0.29) is 6.54 Å². The van der Waals surface area contributed by atoms with E-state index in [1.807, 2.05) is 4.90 Å². The van der Waals surface area contributed by atoms with Crippen LogP contribution >= 0.6 is 0 Å². The lowest BCUT2D eigenvalue weighted by molar-refractivity contribution is -0.137. The van der Waals surface area contributed by atoms with Gasteiger partial charge in [-0.3, -0.25) is 0 Å². The van der Waals surface area contributed by atoms with Gasteiger partial charge in [-0.15, -0.1) is 0 Å². The van der Waals surface area contributed by atoms with Crippen LogP contribution in [-0.2, 0) is 12.7 Å². The van der Waals surface area contributed by atoms with E-state index in [2.05, 4.69) is 0 Å². The molecule has 20 heavy (non-hydrogen) atoms. The number of alkyl halides is 3. The molecule has 0 aromatic heterocycles. The summed E-state index contributed by atoms with van der Waals surface area (Å²) in [4.78, 5) is 1.91. The smallest absolute Gasteiger partial charge is 0.388 e. The molecule has 1 unspecified atom stereocenters. The first-order chi connectivity index (χ1) is 9.23. The summed E-state index contributed by atoms with van der Waals surface area (Å²) in [6.07, 6.45) is -2.87. The van der Waals surface area contributed by atoms with Crippen molar-refractivity contribution in [1.82, 2.24) is 0 Å². The van der Waals surface area contributed by atoms with Gasteiger partial charge in [-0.05, 0) is 43.5 Å². The number of β-amino-alcohol motifs (C(OH)–C–C–N with tert-alkyl or cyclic N) is 1. The number of hydrogen-bond donors (Lipinski definition) is 2. The van der Waals surface area contributed by atoms with Gasteiger partial charge in [-0.2, -0.15) is 13.2 Å². The number of hydrogen-bond acceptors (Lipinski definition) is 3. The number of nitrogens with zero attached hydrogens (tertiary/aromatic N) is 1. The second-order valence-electron chi connectivity index (χ2n) is 5.57. The molecule has 1 aliphatic heterocycles. The quantitative estimate of drug-likeness (QED) is 0.879. The standard InChI is InChI=1S/C14H19F3N2O/c1-13(20)5-2-6-19(9-13)12-4-3-11(14(15,16)17)7-10(12)8-18/h3-4,7,20H,2,5-6,8-9,18H2,1H3. The average molecular weight is 288 g/mol. The van der Waals surface area contributed by atoms with Crippen molar-refractivity contribution in [2.45, 2.75) is 38.1 Å². The zero-order valence-corrected chi connectivity index (χ0v) is 11.4. The Hall–Kier alpha value is -1.27. The molecule has 0 amide bonds. The van der Waals surface area contributed by atoms with Crippen LogP contribution in [0.2, 0.25) is 0 Å². The van der Waals surface area contributed by atoms with Gasteiger partial charge in [0.15, 0.2) is 0 Å². The highest BCUT2D eigenvalue weighted by Gasteiger charge is 2.33. The molecule has 112 valence electrons. The number of anilines is 1. The van der Waals surface area contributed by atoms with Gasteiger partial charge in [0.05, 0.1) is 11.2 Å². The summed E-state index contributed by atoms with van der Waals surface area (Å²) in [6, 6.07) is 3.61. The molecule has 0 spiro atoms. The normalized spacial score (nSPS) is 24.0. The van der Waals surface area contributed by atoms with Gasteiger partial charge < -0.3 is 15.7 Å². The van der Waals surface area contributed by atoms with Crippen LogP contribution in [0.1, 0.15) is 30.9 Å². The lowest BCUT2D eigenvalue weighted by Gasteiger charge is -2.39. The van der Waals surface area contributed by atoms with E-state index in [1.165, 1.54) is 6.07 Å². The molecule has 3 N–H and O–H groups in total. The Kier molecular flexibility index (Phi) is 3.97. The van der Waals surface area contributed by atoms with Crippen molar-refractivity contribution >= 4 is 5.69 Å². The summed E-state index contributed by atoms with van der Waals surface area (Å²) < 4.78 is 38.1. The van der Waals surface area contributed by atoms with Crippen molar-refractivity contribution in [1.29, 1.82) is 0 Å². The highest BCUT2D eigenvalue weighted by molar-refractivity contribution is 5.56. The molecule has 3 nitrogen and oxygen atoms in total. The van der Waals surface area contributed by atoms with Crippen LogP contribution in [0.3, 0.4) is 0 Å². The maximum Gasteiger partial charge on any atom is 0.416 e. The number of piperidine rings is 1. The van der Waals surface area contributed by atoms with Gasteiger partial charge in [0.25, 0.3) is 0 Å². The summed E-state index contributed by atoms with van der Waals surface area (Å²) >= 11 is 0. The Balaban J connectivity index is 2.32. The predicted octanol–water partition coefficient (Wildman–Crippen LogP) is 2.52. The topological polar surface area (TPSA) is 49.5 Å². The van der Waals surface area contributed by atoms with Gasteiger partial charge in [0.1, 0.15) is 0 Å². The zero-order valence-electron chi connectivity index (χ0n) is 11.4. The fourth-order valence-corrected chi connectivity index (χ4v) is 2.66. The number of halogens is 3. The molecule has 1 aliphatic rings. The lowest BCUT2D eigenvalue weighted by Crippen LogP contribution is -2.46. The van der Waals surface area contributed by atoms with Crippen LogP contribution in [0.25, 0.3) is 0 Å². The Labute approximate surface area is 116 Å².